The number of thiocarbonyl (C=S) groups is 1. The predicted octanol–water partition coefficient (Wildman–Crippen LogP) is -0.174. The van der Waals surface area contributed by atoms with Gasteiger partial charge in [-0.3, -0.25) is 4.79 Å². The van der Waals surface area contributed by atoms with Gasteiger partial charge in [-0.15, -0.1) is 0 Å². The summed E-state index contributed by atoms with van der Waals surface area (Å²) in [5.41, 5.74) is 6.07. The number of hydrogen-bond acceptors (Lipinski definition) is 5. The number of aromatic nitrogens is 2. The summed E-state index contributed by atoms with van der Waals surface area (Å²) in [5, 5.41) is 2.66. The molecule has 1 amide bonds. The van der Waals surface area contributed by atoms with Crippen molar-refractivity contribution < 1.29 is 4.79 Å². The molecule has 1 unspecified atom stereocenters. The lowest BCUT2D eigenvalue weighted by Gasteiger charge is -2.23. The first-order valence-electron chi connectivity index (χ1n) is 5.74. The van der Waals surface area contributed by atoms with E-state index in [0.717, 1.165) is 19.4 Å². The standard InChI is InChI=1S/C11H15N5OS/c1-13-10(17)8-3-2-6-16(8)11-14-5-4-7(15-11)9(12)18/h4-5,8H,2-3,6H2,1H3,(H2,12,18)(H,13,17). The van der Waals surface area contributed by atoms with Crippen molar-refractivity contribution in [3.63, 3.8) is 0 Å². The molecule has 0 spiro atoms. The number of hydrogen-bond donors (Lipinski definition) is 2. The molecule has 96 valence electrons. The summed E-state index contributed by atoms with van der Waals surface area (Å²) in [7, 11) is 1.63. The van der Waals surface area contributed by atoms with Crippen LogP contribution < -0.4 is 16.0 Å². The maximum Gasteiger partial charge on any atom is 0.242 e. The van der Waals surface area contributed by atoms with E-state index in [4.69, 9.17) is 18.0 Å². The minimum absolute atomic E-state index is 0.0168. The summed E-state index contributed by atoms with van der Waals surface area (Å²) in [6.07, 6.45) is 3.36. The van der Waals surface area contributed by atoms with Crippen molar-refractivity contribution >= 4 is 29.1 Å². The van der Waals surface area contributed by atoms with E-state index >= 15 is 0 Å². The Morgan fingerprint density at radius 1 is 1.67 bits per heavy atom. The van der Waals surface area contributed by atoms with Gasteiger partial charge in [0.2, 0.25) is 11.9 Å². The molecule has 3 N–H and O–H groups in total. The third-order valence-electron chi connectivity index (χ3n) is 2.95. The molecule has 1 aromatic heterocycles. The van der Waals surface area contributed by atoms with Gasteiger partial charge in [-0.25, -0.2) is 9.97 Å². The van der Waals surface area contributed by atoms with Gasteiger partial charge in [0.1, 0.15) is 16.7 Å². The van der Waals surface area contributed by atoms with Gasteiger partial charge >= 0.3 is 0 Å². The predicted molar refractivity (Wildman–Crippen MR) is 72.4 cm³/mol. The van der Waals surface area contributed by atoms with Crippen LogP contribution in [0.2, 0.25) is 0 Å². The first-order valence-corrected chi connectivity index (χ1v) is 6.15. The molecule has 0 radical (unpaired) electrons. The third kappa shape index (κ3) is 2.40. The first kappa shape index (κ1) is 12.7. The molecule has 2 rings (SSSR count). The number of nitrogens with two attached hydrogens (primary N) is 1. The summed E-state index contributed by atoms with van der Waals surface area (Å²) in [6, 6.07) is 1.45. The fourth-order valence-corrected chi connectivity index (χ4v) is 2.18. The summed E-state index contributed by atoms with van der Waals surface area (Å²) in [4.78, 5) is 22.4. The van der Waals surface area contributed by atoms with E-state index in [1.54, 1.807) is 19.3 Å². The lowest BCUT2D eigenvalue weighted by molar-refractivity contribution is -0.121. The summed E-state index contributed by atoms with van der Waals surface area (Å²) in [5.74, 6) is 0.489. The highest BCUT2D eigenvalue weighted by Gasteiger charge is 2.31. The van der Waals surface area contributed by atoms with Crippen molar-refractivity contribution in [3.05, 3.63) is 18.0 Å². The number of rotatable bonds is 3. The Bertz CT molecular complexity index is 478. The molecule has 1 saturated heterocycles. The smallest absolute Gasteiger partial charge is 0.242 e. The molecule has 1 aromatic rings. The Kier molecular flexibility index (Phi) is 3.71. The summed E-state index contributed by atoms with van der Waals surface area (Å²) in [6.45, 7) is 0.763. The molecule has 0 aromatic carbocycles. The van der Waals surface area contributed by atoms with E-state index in [9.17, 15) is 4.79 Å². The molecule has 1 fully saturated rings. The number of carbonyl (C=O) groups is 1. The van der Waals surface area contributed by atoms with Crippen LogP contribution >= 0.6 is 12.2 Å². The fraction of sp³-hybridized carbons (Fsp3) is 0.455. The topological polar surface area (TPSA) is 84.1 Å². The van der Waals surface area contributed by atoms with Gasteiger partial charge in [-0.2, -0.15) is 0 Å². The number of anilines is 1. The number of likely N-dealkylation sites (N-methyl/N-ethyl adjacent to an activating group) is 1. The van der Waals surface area contributed by atoms with E-state index in [0.29, 0.717) is 11.6 Å². The van der Waals surface area contributed by atoms with Crippen LogP contribution in [0.4, 0.5) is 5.95 Å². The monoisotopic (exact) mass is 265 g/mol. The van der Waals surface area contributed by atoms with Crippen LogP contribution in [0.15, 0.2) is 12.3 Å². The maximum absolute atomic E-state index is 11.8. The average Bonchev–Trinajstić information content (AvgIpc) is 2.87. The zero-order valence-corrected chi connectivity index (χ0v) is 10.9. The normalized spacial score (nSPS) is 18.7. The van der Waals surface area contributed by atoms with Gasteiger partial charge in [0.15, 0.2) is 0 Å². The van der Waals surface area contributed by atoms with Crippen LogP contribution in [-0.4, -0.2) is 40.5 Å². The SMILES string of the molecule is CNC(=O)C1CCCN1c1nccc(C(N)=S)n1. The third-order valence-corrected chi connectivity index (χ3v) is 3.16. The van der Waals surface area contributed by atoms with Crippen LogP contribution in [0.25, 0.3) is 0 Å². The van der Waals surface area contributed by atoms with Crippen LogP contribution in [0, 0.1) is 0 Å². The minimum Gasteiger partial charge on any atom is -0.388 e. The molecule has 0 aliphatic carbocycles. The molecule has 2 heterocycles. The molecule has 1 atom stereocenters. The van der Waals surface area contributed by atoms with E-state index in [1.165, 1.54) is 0 Å². The Hall–Kier alpha value is -1.76. The fourth-order valence-electron chi connectivity index (χ4n) is 2.07. The van der Waals surface area contributed by atoms with E-state index in [1.807, 2.05) is 4.90 Å². The highest BCUT2D eigenvalue weighted by atomic mass is 32.1. The van der Waals surface area contributed by atoms with Crippen molar-refractivity contribution in [1.82, 2.24) is 15.3 Å². The molecule has 6 nitrogen and oxygen atoms in total. The van der Waals surface area contributed by atoms with Crippen molar-refractivity contribution in [3.8, 4) is 0 Å². The summed E-state index contributed by atoms with van der Waals surface area (Å²) >= 11 is 4.89. The molecule has 0 saturated carbocycles. The van der Waals surface area contributed by atoms with Crippen LogP contribution in [-0.2, 0) is 4.79 Å². The van der Waals surface area contributed by atoms with Crippen LogP contribution in [0.5, 0.6) is 0 Å². The maximum atomic E-state index is 11.8. The van der Waals surface area contributed by atoms with E-state index in [2.05, 4.69) is 15.3 Å². The lowest BCUT2D eigenvalue weighted by atomic mass is 10.2. The number of amides is 1. The van der Waals surface area contributed by atoms with Crippen LogP contribution in [0.1, 0.15) is 18.5 Å². The van der Waals surface area contributed by atoms with Gasteiger partial charge in [0.25, 0.3) is 0 Å². The van der Waals surface area contributed by atoms with E-state index in [-0.39, 0.29) is 16.9 Å². The van der Waals surface area contributed by atoms with Gasteiger partial charge < -0.3 is 16.0 Å². The second-order valence-corrected chi connectivity index (χ2v) is 4.51. The Morgan fingerprint density at radius 3 is 3.11 bits per heavy atom. The highest BCUT2D eigenvalue weighted by molar-refractivity contribution is 7.80. The van der Waals surface area contributed by atoms with Crippen molar-refractivity contribution in [2.75, 3.05) is 18.5 Å². The Balaban J connectivity index is 2.27. The molecule has 0 bridgehead atoms. The van der Waals surface area contributed by atoms with Gasteiger partial charge in [-0.05, 0) is 18.9 Å². The molecule has 1 aliphatic rings. The number of carbonyl (C=O) groups excluding carboxylic acids is 1. The second kappa shape index (κ2) is 5.26. The summed E-state index contributed by atoms with van der Waals surface area (Å²) < 4.78 is 0. The molecular formula is C11H15N5OS. The molecule has 1 aliphatic heterocycles. The zero-order valence-electron chi connectivity index (χ0n) is 10.1. The van der Waals surface area contributed by atoms with Crippen molar-refractivity contribution in [1.29, 1.82) is 0 Å². The van der Waals surface area contributed by atoms with Crippen molar-refractivity contribution in [2.45, 2.75) is 18.9 Å². The van der Waals surface area contributed by atoms with E-state index < -0.39 is 0 Å². The van der Waals surface area contributed by atoms with Gasteiger partial charge in [0.05, 0.1) is 0 Å². The number of nitrogens with zero attached hydrogens (tertiary/aromatic N) is 3. The highest BCUT2D eigenvalue weighted by Crippen LogP contribution is 2.22. The zero-order chi connectivity index (χ0) is 13.1. The molecule has 7 heteroatoms. The van der Waals surface area contributed by atoms with Crippen LogP contribution in [0.3, 0.4) is 0 Å². The average molecular weight is 265 g/mol. The second-order valence-electron chi connectivity index (χ2n) is 4.07. The van der Waals surface area contributed by atoms with Crippen molar-refractivity contribution in [2.24, 2.45) is 5.73 Å². The first-order chi connectivity index (χ1) is 8.63. The largest absolute Gasteiger partial charge is 0.388 e. The lowest BCUT2D eigenvalue weighted by Crippen LogP contribution is -2.42. The molecule has 18 heavy (non-hydrogen) atoms. The molecular weight excluding hydrogens is 250 g/mol. The number of nitrogens with one attached hydrogen (secondary N) is 1. The Labute approximate surface area is 111 Å². The van der Waals surface area contributed by atoms with Gasteiger partial charge in [0, 0.05) is 19.8 Å². The quantitative estimate of drug-likeness (QED) is 0.738. The minimum atomic E-state index is -0.211. The Morgan fingerprint density at radius 2 is 2.44 bits per heavy atom. The van der Waals surface area contributed by atoms with Gasteiger partial charge in [-0.1, -0.05) is 12.2 Å².